The molecular formula is C23H23F3N4O4. The molecule has 0 atom stereocenters. The summed E-state index contributed by atoms with van der Waals surface area (Å²) >= 11 is 0. The molecule has 0 aliphatic carbocycles. The van der Waals surface area contributed by atoms with Gasteiger partial charge in [0.25, 0.3) is 11.8 Å². The number of piperidine rings is 1. The molecule has 4 N–H and O–H groups in total. The van der Waals surface area contributed by atoms with Crippen LogP contribution in [0.5, 0.6) is 0 Å². The lowest BCUT2D eigenvalue weighted by Crippen LogP contribution is -2.38. The van der Waals surface area contributed by atoms with Gasteiger partial charge in [-0.1, -0.05) is 6.07 Å². The number of carbonyl (C=O) groups is 3. The number of benzene rings is 2. The van der Waals surface area contributed by atoms with Gasteiger partial charge in [0.2, 0.25) is 0 Å². The number of nitrogens with two attached hydrogens (primary N) is 1. The van der Waals surface area contributed by atoms with Crippen molar-refractivity contribution < 1.29 is 32.3 Å². The van der Waals surface area contributed by atoms with Crippen LogP contribution in [-0.4, -0.2) is 48.8 Å². The first-order valence-electron chi connectivity index (χ1n) is 10.4. The van der Waals surface area contributed by atoms with Gasteiger partial charge < -0.3 is 15.4 Å². The summed E-state index contributed by atoms with van der Waals surface area (Å²) in [6.45, 7) is 0.512. The van der Waals surface area contributed by atoms with Crippen LogP contribution in [0.3, 0.4) is 0 Å². The maximum absolute atomic E-state index is 13.8. The second-order valence-electron chi connectivity index (χ2n) is 7.80. The summed E-state index contributed by atoms with van der Waals surface area (Å²) in [5.41, 5.74) is 4.63. The van der Waals surface area contributed by atoms with Crippen molar-refractivity contribution in [2.75, 3.05) is 20.2 Å². The molecule has 0 radical (unpaired) electrons. The minimum Gasteiger partial charge on any atom is -0.465 e. The number of rotatable bonds is 4. The standard InChI is InChI=1S/C23H23F3N4O4/c1-34-21(33)15-4-2-14(3-5-15)20(32)30-10-8-13(9-11-30)17-7-6-16(19(31)29-22(27)28)12-18(17)23(24,25)26/h2-7,12-13H,8-11H2,1H3,(H4,27,28,29,31). The van der Waals surface area contributed by atoms with E-state index in [1.807, 2.05) is 5.32 Å². The molecule has 1 saturated heterocycles. The predicted octanol–water partition coefficient (Wildman–Crippen LogP) is 3.14. The molecule has 0 saturated carbocycles. The lowest BCUT2D eigenvalue weighted by molar-refractivity contribution is -0.138. The third-order valence-corrected chi connectivity index (χ3v) is 5.64. The molecule has 34 heavy (non-hydrogen) atoms. The van der Waals surface area contributed by atoms with Gasteiger partial charge in [0, 0.05) is 24.2 Å². The SMILES string of the molecule is COC(=O)c1ccc(C(=O)N2CCC(c3ccc(C(=O)NC(=N)N)cc3C(F)(F)F)CC2)cc1. The molecular weight excluding hydrogens is 453 g/mol. The molecule has 0 unspecified atom stereocenters. The Morgan fingerprint density at radius 2 is 1.59 bits per heavy atom. The molecule has 2 aromatic carbocycles. The number of ether oxygens (including phenoxy) is 1. The molecule has 1 heterocycles. The summed E-state index contributed by atoms with van der Waals surface area (Å²) in [6, 6.07) is 9.26. The van der Waals surface area contributed by atoms with Crippen LogP contribution in [0.25, 0.3) is 0 Å². The smallest absolute Gasteiger partial charge is 0.416 e. The second kappa shape index (κ2) is 9.94. The van der Waals surface area contributed by atoms with Crippen LogP contribution in [0.4, 0.5) is 13.2 Å². The van der Waals surface area contributed by atoms with Crippen molar-refractivity contribution in [3.8, 4) is 0 Å². The van der Waals surface area contributed by atoms with E-state index < -0.39 is 35.5 Å². The lowest BCUT2D eigenvalue weighted by atomic mass is 9.85. The van der Waals surface area contributed by atoms with Crippen LogP contribution in [0.1, 0.15) is 61.0 Å². The van der Waals surface area contributed by atoms with Crippen LogP contribution in [0, 0.1) is 5.41 Å². The third-order valence-electron chi connectivity index (χ3n) is 5.64. The van der Waals surface area contributed by atoms with Crippen molar-refractivity contribution in [1.29, 1.82) is 5.41 Å². The van der Waals surface area contributed by atoms with Gasteiger partial charge in [-0.05, 0) is 60.7 Å². The fourth-order valence-electron chi connectivity index (χ4n) is 3.94. The van der Waals surface area contributed by atoms with Gasteiger partial charge in [-0.15, -0.1) is 0 Å². The fourth-order valence-corrected chi connectivity index (χ4v) is 3.94. The van der Waals surface area contributed by atoms with Crippen molar-refractivity contribution in [1.82, 2.24) is 10.2 Å². The zero-order valence-corrected chi connectivity index (χ0v) is 18.2. The molecule has 1 aliphatic rings. The highest BCUT2D eigenvalue weighted by atomic mass is 19.4. The number of methoxy groups -OCH3 is 1. The zero-order valence-electron chi connectivity index (χ0n) is 18.2. The first-order valence-corrected chi connectivity index (χ1v) is 10.4. The number of amides is 2. The number of alkyl halides is 3. The van der Waals surface area contributed by atoms with Crippen LogP contribution < -0.4 is 11.1 Å². The van der Waals surface area contributed by atoms with Crippen LogP contribution in [0.2, 0.25) is 0 Å². The predicted molar refractivity (Wildman–Crippen MR) is 116 cm³/mol. The van der Waals surface area contributed by atoms with Crippen molar-refractivity contribution in [3.05, 3.63) is 70.3 Å². The van der Waals surface area contributed by atoms with Crippen molar-refractivity contribution in [3.63, 3.8) is 0 Å². The number of guanidine groups is 1. The first kappa shape index (κ1) is 24.7. The van der Waals surface area contributed by atoms with Crippen LogP contribution in [-0.2, 0) is 10.9 Å². The molecule has 1 aliphatic heterocycles. The largest absolute Gasteiger partial charge is 0.465 e. The number of hydrogen-bond acceptors (Lipinski definition) is 5. The van der Waals surface area contributed by atoms with Crippen LogP contribution in [0.15, 0.2) is 42.5 Å². The van der Waals surface area contributed by atoms with E-state index in [-0.39, 0.29) is 30.1 Å². The number of nitrogens with zero attached hydrogens (tertiary/aromatic N) is 1. The van der Waals surface area contributed by atoms with E-state index in [1.54, 1.807) is 4.90 Å². The minimum atomic E-state index is -4.68. The van der Waals surface area contributed by atoms with Crippen molar-refractivity contribution >= 4 is 23.7 Å². The Kier molecular flexibility index (Phi) is 7.23. The van der Waals surface area contributed by atoms with E-state index in [0.717, 1.165) is 6.07 Å². The Hall–Kier alpha value is -3.89. The number of halogens is 3. The summed E-state index contributed by atoms with van der Waals surface area (Å²) in [5.74, 6) is -2.82. The average Bonchev–Trinajstić information content (AvgIpc) is 2.82. The Morgan fingerprint density at radius 1 is 1.03 bits per heavy atom. The van der Waals surface area contributed by atoms with Crippen LogP contribution >= 0.6 is 0 Å². The van der Waals surface area contributed by atoms with E-state index >= 15 is 0 Å². The Balaban J connectivity index is 1.74. The number of carbonyl (C=O) groups excluding carboxylic acids is 3. The van der Waals surface area contributed by atoms with E-state index in [1.165, 1.54) is 43.5 Å². The summed E-state index contributed by atoms with van der Waals surface area (Å²) in [6.07, 6.45) is -4.06. The number of likely N-dealkylation sites (tertiary alicyclic amines) is 1. The number of hydrogen-bond donors (Lipinski definition) is 3. The molecule has 2 amide bonds. The van der Waals surface area contributed by atoms with Gasteiger partial charge in [-0.2, -0.15) is 13.2 Å². The maximum Gasteiger partial charge on any atom is 0.416 e. The zero-order chi connectivity index (χ0) is 25.0. The highest BCUT2D eigenvalue weighted by molar-refractivity contribution is 6.04. The quantitative estimate of drug-likeness (QED) is 0.355. The normalized spacial score (nSPS) is 14.4. The van der Waals surface area contributed by atoms with Gasteiger partial charge >= 0.3 is 12.1 Å². The van der Waals surface area contributed by atoms with E-state index in [9.17, 15) is 27.6 Å². The second-order valence-corrected chi connectivity index (χ2v) is 7.80. The highest BCUT2D eigenvalue weighted by Crippen LogP contribution is 2.39. The third kappa shape index (κ3) is 5.53. The maximum atomic E-state index is 13.8. The van der Waals surface area contributed by atoms with Gasteiger partial charge in [0.15, 0.2) is 5.96 Å². The van der Waals surface area contributed by atoms with Gasteiger partial charge in [0.1, 0.15) is 0 Å². The first-order chi connectivity index (χ1) is 16.0. The molecule has 1 fully saturated rings. The van der Waals surface area contributed by atoms with Gasteiger partial charge in [0.05, 0.1) is 18.2 Å². The monoisotopic (exact) mass is 476 g/mol. The summed E-state index contributed by atoms with van der Waals surface area (Å²) in [4.78, 5) is 37.9. The molecule has 0 aromatic heterocycles. The van der Waals surface area contributed by atoms with Crippen molar-refractivity contribution in [2.45, 2.75) is 24.9 Å². The molecule has 3 rings (SSSR count). The van der Waals surface area contributed by atoms with E-state index in [0.29, 0.717) is 24.0 Å². The fraction of sp³-hybridized carbons (Fsp3) is 0.304. The summed E-state index contributed by atoms with van der Waals surface area (Å²) < 4.78 is 45.9. The van der Waals surface area contributed by atoms with Gasteiger partial charge in [-0.3, -0.25) is 20.3 Å². The summed E-state index contributed by atoms with van der Waals surface area (Å²) in [5, 5.41) is 9.05. The molecule has 0 spiro atoms. The van der Waals surface area contributed by atoms with E-state index in [2.05, 4.69) is 4.74 Å². The lowest BCUT2D eigenvalue weighted by Gasteiger charge is -2.33. The molecule has 8 nitrogen and oxygen atoms in total. The number of esters is 1. The Morgan fingerprint density at radius 3 is 2.12 bits per heavy atom. The van der Waals surface area contributed by atoms with Gasteiger partial charge in [-0.25, -0.2) is 4.79 Å². The topological polar surface area (TPSA) is 126 Å². The average molecular weight is 476 g/mol. The van der Waals surface area contributed by atoms with E-state index in [4.69, 9.17) is 11.1 Å². The summed E-state index contributed by atoms with van der Waals surface area (Å²) in [7, 11) is 1.25. The Labute approximate surface area is 193 Å². The minimum absolute atomic E-state index is 0.0569. The molecule has 0 bridgehead atoms. The molecule has 2 aromatic rings. The Bertz CT molecular complexity index is 1110. The molecule has 180 valence electrons. The highest BCUT2D eigenvalue weighted by Gasteiger charge is 2.37. The molecule has 11 heteroatoms. The number of nitrogens with one attached hydrogen (secondary N) is 2. The van der Waals surface area contributed by atoms with Crippen molar-refractivity contribution in [2.24, 2.45) is 5.73 Å².